The Kier molecular flexibility index (Phi) is 4.07. The number of hydrogen-bond donors (Lipinski definition) is 2. The van der Waals surface area contributed by atoms with Gasteiger partial charge in [-0.3, -0.25) is 11.3 Å². The summed E-state index contributed by atoms with van der Waals surface area (Å²) >= 11 is 0. The van der Waals surface area contributed by atoms with Gasteiger partial charge < -0.3 is 4.42 Å². The SMILES string of the molecule is NNC(Cc1ccoc1)Cc1cc(F)cc(F)c1. The first-order valence-electron chi connectivity index (χ1n) is 5.59. The molecule has 2 rings (SSSR count). The van der Waals surface area contributed by atoms with E-state index in [0.717, 1.165) is 11.6 Å². The fourth-order valence-electron chi connectivity index (χ4n) is 1.90. The minimum absolute atomic E-state index is 0.108. The maximum Gasteiger partial charge on any atom is 0.126 e. The molecular formula is C13H14F2N2O. The second kappa shape index (κ2) is 5.75. The van der Waals surface area contributed by atoms with Gasteiger partial charge in [0, 0.05) is 12.1 Å². The molecule has 18 heavy (non-hydrogen) atoms. The van der Waals surface area contributed by atoms with Crippen molar-refractivity contribution in [1.82, 2.24) is 5.43 Å². The van der Waals surface area contributed by atoms with Crippen LogP contribution < -0.4 is 11.3 Å². The molecule has 0 saturated carbocycles. The van der Waals surface area contributed by atoms with Crippen LogP contribution in [0.3, 0.4) is 0 Å². The third kappa shape index (κ3) is 3.38. The molecule has 1 aromatic heterocycles. The summed E-state index contributed by atoms with van der Waals surface area (Å²) in [6.45, 7) is 0. The van der Waals surface area contributed by atoms with Gasteiger partial charge in [0.1, 0.15) is 11.6 Å². The zero-order valence-electron chi connectivity index (χ0n) is 9.70. The lowest BCUT2D eigenvalue weighted by Crippen LogP contribution is -2.38. The van der Waals surface area contributed by atoms with Crippen molar-refractivity contribution in [3.05, 3.63) is 59.6 Å². The summed E-state index contributed by atoms with van der Waals surface area (Å²) in [4.78, 5) is 0. The molecule has 0 saturated heterocycles. The van der Waals surface area contributed by atoms with E-state index in [1.54, 1.807) is 12.5 Å². The predicted molar refractivity (Wildman–Crippen MR) is 63.6 cm³/mol. The number of rotatable bonds is 5. The second-order valence-corrected chi connectivity index (χ2v) is 4.18. The first-order chi connectivity index (χ1) is 8.67. The fraction of sp³-hybridized carbons (Fsp3) is 0.231. The smallest absolute Gasteiger partial charge is 0.126 e. The summed E-state index contributed by atoms with van der Waals surface area (Å²) in [5.74, 6) is 4.29. The summed E-state index contributed by atoms with van der Waals surface area (Å²) in [5.41, 5.74) is 4.19. The van der Waals surface area contributed by atoms with Gasteiger partial charge in [-0.05, 0) is 42.2 Å². The molecule has 96 valence electrons. The molecule has 1 unspecified atom stereocenters. The molecule has 0 aliphatic carbocycles. The molecule has 0 amide bonds. The van der Waals surface area contributed by atoms with E-state index >= 15 is 0 Å². The number of nitrogens with one attached hydrogen (secondary N) is 1. The minimum Gasteiger partial charge on any atom is -0.472 e. The highest BCUT2D eigenvalue weighted by molar-refractivity contribution is 5.20. The minimum atomic E-state index is -0.580. The molecule has 1 heterocycles. The van der Waals surface area contributed by atoms with Crippen LogP contribution in [0, 0.1) is 11.6 Å². The van der Waals surface area contributed by atoms with Crippen molar-refractivity contribution in [2.75, 3.05) is 0 Å². The third-order valence-electron chi connectivity index (χ3n) is 2.70. The van der Waals surface area contributed by atoms with E-state index in [0.29, 0.717) is 18.4 Å². The van der Waals surface area contributed by atoms with Gasteiger partial charge in [-0.15, -0.1) is 0 Å². The van der Waals surface area contributed by atoms with Crippen LogP contribution in [0.4, 0.5) is 8.78 Å². The standard InChI is InChI=1S/C13H14F2N2O/c14-11-3-10(4-12(15)7-11)6-13(17-16)5-9-1-2-18-8-9/h1-4,7-8,13,17H,5-6,16H2. The highest BCUT2D eigenvalue weighted by Crippen LogP contribution is 2.12. The van der Waals surface area contributed by atoms with E-state index in [1.165, 1.54) is 12.1 Å². The van der Waals surface area contributed by atoms with Crippen molar-refractivity contribution in [2.45, 2.75) is 18.9 Å². The molecule has 0 radical (unpaired) electrons. The molecule has 2 aromatic rings. The van der Waals surface area contributed by atoms with Gasteiger partial charge in [-0.1, -0.05) is 0 Å². The zero-order chi connectivity index (χ0) is 13.0. The van der Waals surface area contributed by atoms with E-state index in [4.69, 9.17) is 10.3 Å². The van der Waals surface area contributed by atoms with Gasteiger partial charge in [0.05, 0.1) is 12.5 Å². The second-order valence-electron chi connectivity index (χ2n) is 4.18. The number of benzene rings is 1. The molecule has 0 aliphatic heterocycles. The Hall–Kier alpha value is -1.72. The molecule has 1 atom stereocenters. The topological polar surface area (TPSA) is 51.2 Å². The summed E-state index contributed by atoms with van der Waals surface area (Å²) in [7, 11) is 0. The molecule has 3 nitrogen and oxygen atoms in total. The van der Waals surface area contributed by atoms with Gasteiger partial charge >= 0.3 is 0 Å². The molecule has 5 heteroatoms. The summed E-state index contributed by atoms with van der Waals surface area (Å²) in [5, 5.41) is 0. The highest BCUT2D eigenvalue weighted by atomic mass is 19.1. The number of halogens is 2. The van der Waals surface area contributed by atoms with E-state index in [1.807, 2.05) is 6.07 Å². The van der Waals surface area contributed by atoms with Gasteiger partial charge in [0.2, 0.25) is 0 Å². The fourth-order valence-corrected chi connectivity index (χ4v) is 1.90. The largest absolute Gasteiger partial charge is 0.472 e. The van der Waals surface area contributed by atoms with Crippen LogP contribution >= 0.6 is 0 Å². The molecule has 1 aromatic carbocycles. The van der Waals surface area contributed by atoms with Gasteiger partial charge in [-0.2, -0.15) is 0 Å². The van der Waals surface area contributed by atoms with Crippen LogP contribution in [0.5, 0.6) is 0 Å². The van der Waals surface area contributed by atoms with Crippen LogP contribution in [0.25, 0.3) is 0 Å². The predicted octanol–water partition coefficient (Wildman–Crippen LogP) is 2.17. The van der Waals surface area contributed by atoms with Crippen LogP contribution in [0.2, 0.25) is 0 Å². The van der Waals surface area contributed by atoms with Crippen LogP contribution in [-0.2, 0) is 12.8 Å². The molecule has 0 fully saturated rings. The molecule has 0 aliphatic rings. The number of furan rings is 1. The van der Waals surface area contributed by atoms with Crippen molar-refractivity contribution >= 4 is 0 Å². The monoisotopic (exact) mass is 252 g/mol. The van der Waals surface area contributed by atoms with Crippen molar-refractivity contribution in [2.24, 2.45) is 5.84 Å². The number of hydrazine groups is 1. The lowest BCUT2D eigenvalue weighted by atomic mass is 10.0. The van der Waals surface area contributed by atoms with E-state index in [9.17, 15) is 8.78 Å². The van der Waals surface area contributed by atoms with Crippen molar-refractivity contribution in [1.29, 1.82) is 0 Å². The first-order valence-corrected chi connectivity index (χ1v) is 5.59. The number of nitrogens with two attached hydrogens (primary N) is 1. The maximum atomic E-state index is 13.1. The molecule has 0 spiro atoms. The van der Waals surface area contributed by atoms with Gasteiger partial charge in [0.25, 0.3) is 0 Å². The van der Waals surface area contributed by atoms with E-state index < -0.39 is 11.6 Å². The Balaban J connectivity index is 2.05. The Morgan fingerprint density at radius 1 is 1.11 bits per heavy atom. The Morgan fingerprint density at radius 2 is 1.78 bits per heavy atom. The van der Waals surface area contributed by atoms with Gasteiger partial charge in [-0.25, -0.2) is 8.78 Å². The average Bonchev–Trinajstić information content (AvgIpc) is 2.79. The maximum absolute atomic E-state index is 13.1. The Bertz CT molecular complexity index is 479. The lowest BCUT2D eigenvalue weighted by Gasteiger charge is -2.15. The molecule has 0 bridgehead atoms. The lowest BCUT2D eigenvalue weighted by molar-refractivity contribution is 0.509. The van der Waals surface area contributed by atoms with E-state index in [-0.39, 0.29) is 6.04 Å². The van der Waals surface area contributed by atoms with Crippen molar-refractivity contribution < 1.29 is 13.2 Å². The molecule has 3 N–H and O–H groups in total. The van der Waals surface area contributed by atoms with Crippen LogP contribution in [0.1, 0.15) is 11.1 Å². The van der Waals surface area contributed by atoms with Crippen LogP contribution in [-0.4, -0.2) is 6.04 Å². The normalized spacial score (nSPS) is 12.6. The Morgan fingerprint density at radius 3 is 2.33 bits per heavy atom. The quantitative estimate of drug-likeness (QED) is 0.633. The molecular weight excluding hydrogens is 238 g/mol. The first kappa shape index (κ1) is 12.7. The zero-order valence-corrected chi connectivity index (χ0v) is 9.70. The van der Waals surface area contributed by atoms with Gasteiger partial charge in [0.15, 0.2) is 0 Å². The van der Waals surface area contributed by atoms with E-state index in [2.05, 4.69) is 5.43 Å². The Labute approximate surface area is 104 Å². The van der Waals surface area contributed by atoms with Crippen molar-refractivity contribution in [3.8, 4) is 0 Å². The average molecular weight is 252 g/mol. The highest BCUT2D eigenvalue weighted by Gasteiger charge is 2.11. The van der Waals surface area contributed by atoms with Crippen molar-refractivity contribution in [3.63, 3.8) is 0 Å². The van der Waals surface area contributed by atoms with Crippen LogP contribution in [0.15, 0.2) is 41.2 Å². The summed E-state index contributed by atoms with van der Waals surface area (Å²) in [6, 6.07) is 5.19. The number of hydrogen-bond acceptors (Lipinski definition) is 3. The third-order valence-corrected chi connectivity index (χ3v) is 2.70. The summed E-state index contributed by atoms with van der Waals surface area (Å²) in [6.07, 6.45) is 4.27. The summed E-state index contributed by atoms with van der Waals surface area (Å²) < 4.78 is 31.1.